The summed E-state index contributed by atoms with van der Waals surface area (Å²) >= 11 is 0. The Labute approximate surface area is 93.3 Å². The Bertz CT molecular complexity index is 375. The van der Waals surface area contributed by atoms with Gasteiger partial charge in [0.1, 0.15) is 18.2 Å². The number of rotatable bonds is 5. The maximum Gasteiger partial charge on any atom is 0.305 e. The van der Waals surface area contributed by atoms with E-state index in [0.29, 0.717) is 17.8 Å². The highest BCUT2D eigenvalue weighted by Gasteiger charge is 2.30. The summed E-state index contributed by atoms with van der Waals surface area (Å²) in [5.74, 6) is 1.38. The summed E-state index contributed by atoms with van der Waals surface area (Å²) in [6.07, 6.45) is 5.76. The number of hydrogen-bond donors (Lipinski definition) is 1. The molecule has 0 spiro atoms. The molecule has 1 aliphatic carbocycles. The molecule has 1 atom stereocenters. The Morgan fingerprint density at radius 2 is 2.19 bits per heavy atom. The molecule has 1 heterocycles. The second-order valence-corrected chi connectivity index (χ2v) is 4.05. The van der Waals surface area contributed by atoms with Crippen LogP contribution in [0.1, 0.15) is 18.7 Å². The summed E-state index contributed by atoms with van der Waals surface area (Å²) in [5, 5.41) is 13.7. The van der Waals surface area contributed by atoms with Crippen LogP contribution in [0.2, 0.25) is 0 Å². The molecule has 1 aromatic heterocycles. The Kier molecular flexibility index (Phi) is 3.09. The molecule has 0 radical (unpaired) electrons. The predicted octanol–water partition coefficient (Wildman–Crippen LogP) is 0.925. The molecule has 0 amide bonds. The van der Waals surface area contributed by atoms with Crippen LogP contribution in [-0.4, -0.2) is 28.0 Å². The lowest BCUT2D eigenvalue weighted by Crippen LogP contribution is -2.30. The number of aromatic nitrogens is 2. The minimum atomic E-state index is -0.486. The van der Waals surface area contributed by atoms with Crippen molar-refractivity contribution in [1.82, 2.24) is 15.3 Å². The molecule has 0 aliphatic heterocycles. The van der Waals surface area contributed by atoms with Gasteiger partial charge in [-0.2, -0.15) is 0 Å². The summed E-state index contributed by atoms with van der Waals surface area (Å²) in [6.45, 7) is 0. The lowest BCUT2D eigenvalue weighted by molar-refractivity contribution is -0.385. The fourth-order valence-electron chi connectivity index (χ4n) is 1.75. The highest BCUT2D eigenvalue weighted by Crippen LogP contribution is 2.33. The minimum absolute atomic E-state index is 0.0591. The summed E-state index contributed by atoms with van der Waals surface area (Å²) in [5.41, 5.74) is -0.0591. The van der Waals surface area contributed by atoms with Gasteiger partial charge in [0.2, 0.25) is 0 Å². The van der Waals surface area contributed by atoms with Crippen LogP contribution in [-0.2, 0) is 6.42 Å². The van der Waals surface area contributed by atoms with Gasteiger partial charge in [-0.05, 0) is 25.8 Å². The van der Waals surface area contributed by atoms with Crippen molar-refractivity contribution < 1.29 is 4.92 Å². The van der Waals surface area contributed by atoms with Crippen molar-refractivity contribution in [2.45, 2.75) is 25.3 Å². The predicted molar refractivity (Wildman–Crippen MR) is 58.0 cm³/mol. The average molecular weight is 222 g/mol. The van der Waals surface area contributed by atoms with E-state index >= 15 is 0 Å². The topological polar surface area (TPSA) is 81.0 Å². The van der Waals surface area contributed by atoms with Crippen molar-refractivity contribution in [3.05, 3.63) is 28.3 Å². The lowest BCUT2D eigenvalue weighted by Gasteiger charge is -2.13. The third-order valence-electron chi connectivity index (χ3n) is 2.87. The molecule has 1 saturated carbocycles. The molecule has 1 N–H and O–H groups in total. The first kappa shape index (κ1) is 10.9. The van der Waals surface area contributed by atoms with Crippen LogP contribution >= 0.6 is 0 Å². The highest BCUT2D eigenvalue weighted by atomic mass is 16.6. The normalized spacial score (nSPS) is 17.1. The molecule has 1 aromatic rings. The number of nitrogens with zero attached hydrogens (tertiary/aromatic N) is 3. The van der Waals surface area contributed by atoms with Gasteiger partial charge in [0.15, 0.2) is 0 Å². The van der Waals surface area contributed by atoms with Crippen molar-refractivity contribution in [1.29, 1.82) is 0 Å². The summed E-state index contributed by atoms with van der Waals surface area (Å²) in [4.78, 5) is 17.9. The van der Waals surface area contributed by atoms with E-state index in [0.717, 1.165) is 6.42 Å². The average Bonchev–Trinajstić information content (AvgIpc) is 3.10. The first-order chi connectivity index (χ1) is 7.70. The largest absolute Gasteiger partial charge is 0.316 e. The fraction of sp³-hybridized carbons (Fsp3) is 0.600. The standard InChI is InChI=1S/C10H14N4O2/c1-11-9(7-2-3-7)4-10-12-5-8(6-13-10)14(15)16/h5-7,9,11H,2-4H2,1H3. The molecule has 0 aromatic carbocycles. The Morgan fingerprint density at radius 1 is 1.56 bits per heavy atom. The quantitative estimate of drug-likeness (QED) is 0.592. The first-order valence-corrected chi connectivity index (χ1v) is 5.33. The van der Waals surface area contributed by atoms with Crippen LogP contribution in [0.25, 0.3) is 0 Å². The monoisotopic (exact) mass is 222 g/mol. The summed E-state index contributed by atoms with van der Waals surface area (Å²) < 4.78 is 0. The van der Waals surface area contributed by atoms with Crippen LogP contribution in [0.4, 0.5) is 5.69 Å². The zero-order valence-corrected chi connectivity index (χ0v) is 9.09. The van der Waals surface area contributed by atoms with E-state index in [4.69, 9.17) is 0 Å². The second-order valence-electron chi connectivity index (χ2n) is 4.05. The number of nitrogens with one attached hydrogen (secondary N) is 1. The first-order valence-electron chi connectivity index (χ1n) is 5.33. The van der Waals surface area contributed by atoms with Crippen LogP contribution in [0.5, 0.6) is 0 Å². The van der Waals surface area contributed by atoms with Crippen molar-refractivity contribution >= 4 is 5.69 Å². The van der Waals surface area contributed by atoms with E-state index in [9.17, 15) is 10.1 Å². The van der Waals surface area contributed by atoms with Crippen LogP contribution in [0, 0.1) is 16.0 Å². The van der Waals surface area contributed by atoms with Crippen LogP contribution < -0.4 is 5.32 Å². The molecule has 1 unspecified atom stereocenters. The summed E-state index contributed by atoms with van der Waals surface area (Å²) in [7, 11) is 1.92. The molecule has 6 heteroatoms. The maximum absolute atomic E-state index is 10.4. The van der Waals surface area contributed by atoms with Gasteiger partial charge >= 0.3 is 5.69 Å². The molecule has 0 bridgehead atoms. The van der Waals surface area contributed by atoms with Crippen molar-refractivity contribution in [3.8, 4) is 0 Å². The molecule has 2 rings (SSSR count). The zero-order valence-electron chi connectivity index (χ0n) is 9.09. The highest BCUT2D eigenvalue weighted by molar-refractivity contribution is 5.21. The van der Waals surface area contributed by atoms with Gasteiger partial charge in [-0.1, -0.05) is 0 Å². The number of hydrogen-bond acceptors (Lipinski definition) is 5. The number of nitro groups is 1. The SMILES string of the molecule is CNC(Cc1ncc([N+](=O)[O-])cn1)C1CC1. The Balaban J connectivity index is 2.01. The van der Waals surface area contributed by atoms with Gasteiger partial charge in [0.05, 0.1) is 4.92 Å². The van der Waals surface area contributed by atoms with Crippen molar-refractivity contribution in [2.24, 2.45) is 5.92 Å². The molecular weight excluding hydrogens is 208 g/mol. The van der Waals surface area contributed by atoms with Crippen molar-refractivity contribution in [2.75, 3.05) is 7.05 Å². The van der Waals surface area contributed by atoms with E-state index < -0.39 is 4.92 Å². The fourth-order valence-corrected chi connectivity index (χ4v) is 1.75. The van der Waals surface area contributed by atoms with Gasteiger partial charge in [-0.3, -0.25) is 10.1 Å². The van der Waals surface area contributed by atoms with E-state index in [2.05, 4.69) is 15.3 Å². The van der Waals surface area contributed by atoms with E-state index in [-0.39, 0.29) is 5.69 Å². The smallest absolute Gasteiger partial charge is 0.305 e. The van der Waals surface area contributed by atoms with Gasteiger partial charge in [0.25, 0.3) is 0 Å². The van der Waals surface area contributed by atoms with Gasteiger partial charge in [-0.25, -0.2) is 9.97 Å². The molecule has 1 fully saturated rings. The van der Waals surface area contributed by atoms with Crippen LogP contribution in [0.15, 0.2) is 12.4 Å². The Hall–Kier alpha value is -1.56. The van der Waals surface area contributed by atoms with E-state index in [1.54, 1.807) is 0 Å². The summed E-state index contributed by atoms with van der Waals surface area (Å²) in [6, 6.07) is 0.390. The third-order valence-corrected chi connectivity index (χ3v) is 2.87. The maximum atomic E-state index is 10.4. The van der Waals surface area contributed by atoms with Crippen LogP contribution in [0.3, 0.4) is 0 Å². The minimum Gasteiger partial charge on any atom is -0.316 e. The van der Waals surface area contributed by atoms with E-state index in [1.807, 2.05) is 7.05 Å². The van der Waals surface area contributed by atoms with Gasteiger partial charge in [0, 0.05) is 12.5 Å². The zero-order chi connectivity index (χ0) is 11.5. The molecule has 1 aliphatic rings. The second kappa shape index (κ2) is 4.52. The van der Waals surface area contributed by atoms with Gasteiger partial charge in [-0.15, -0.1) is 0 Å². The number of likely N-dealkylation sites (N-methyl/N-ethyl adjacent to an activating group) is 1. The molecular formula is C10H14N4O2. The van der Waals surface area contributed by atoms with Gasteiger partial charge < -0.3 is 5.32 Å². The third kappa shape index (κ3) is 2.52. The lowest BCUT2D eigenvalue weighted by atomic mass is 10.1. The Morgan fingerprint density at radius 3 is 2.62 bits per heavy atom. The molecule has 6 nitrogen and oxygen atoms in total. The molecule has 86 valence electrons. The molecule has 0 saturated heterocycles. The van der Waals surface area contributed by atoms with Crippen molar-refractivity contribution in [3.63, 3.8) is 0 Å². The van der Waals surface area contributed by atoms with E-state index in [1.165, 1.54) is 25.2 Å². The molecule has 16 heavy (non-hydrogen) atoms.